The van der Waals surface area contributed by atoms with Gasteiger partial charge in [0.2, 0.25) is 0 Å². The Kier molecular flexibility index (Phi) is 5.15. The van der Waals surface area contributed by atoms with E-state index in [1.165, 1.54) is 12.2 Å². The summed E-state index contributed by atoms with van der Waals surface area (Å²) in [5.41, 5.74) is 1.12. The Bertz CT molecular complexity index is 400. The number of thioether (sulfide) groups is 1. The van der Waals surface area contributed by atoms with Crippen molar-refractivity contribution in [3.05, 3.63) is 22.8 Å². The van der Waals surface area contributed by atoms with Crippen molar-refractivity contribution in [3.8, 4) is 0 Å². The first-order valence-electron chi connectivity index (χ1n) is 6.40. The Balaban J connectivity index is 2.14. The van der Waals surface area contributed by atoms with Gasteiger partial charge in [-0.15, -0.1) is 0 Å². The van der Waals surface area contributed by atoms with E-state index in [9.17, 15) is 0 Å². The maximum atomic E-state index is 6.14. The summed E-state index contributed by atoms with van der Waals surface area (Å²) in [4.78, 5) is 6.85. The quantitative estimate of drug-likeness (QED) is 0.921. The van der Waals surface area contributed by atoms with E-state index in [1.54, 1.807) is 6.20 Å². The smallest absolute Gasteiger partial charge is 0.128 e. The first kappa shape index (κ1) is 14.0. The van der Waals surface area contributed by atoms with Gasteiger partial charge in [0.05, 0.1) is 5.02 Å². The van der Waals surface area contributed by atoms with Crippen LogP contribution in [-0.2, 0) is 6.54 Å². The largest absolute Gasteiger partial charge is 0.355 e. The molecule has 2 rings (SSSR count). The van der Waals surface area contributed by atoms with Gasteiger partial charge in [-0.25, -0.2) is 4.98 Å². The summed E-state index contributed by atoms with van der Waals surface area (Å²) in [5.74, 6) is 2.24. The van der Waals surface area contributed by atoms with E-state index in [-0.39, 0.29) is 0 Å². The highest BCUT2D eigenvalue weighted by molar-refractivity contribution is 8.00. The van der Waals surface area contributed by atoms with Gasteiger partial charge in [0.15, 0.2) is 0 Å². The van der Waals surface area contributed by atoms with Crippen molar-refractivity contribution in [2.24, 2.45) is 0 Å². The molecule has 1 aliphatic rings. The molecule has 18 heavy (non-hydrogen) atoms. The maximum absolute atomic E-state index is 6.14. The normalized spacial score (nSPS) is 20.2. The number of halogens is 1. The van der Waals surface area contributed by atoms with Crippen LogP contribution in [0.2, 0.25) is 5.02 Å². The minimum atomic E-state index is 0.726. The highest BCUT2D eigenvalue weighted by Gasteiger charge is 2.20. The zero-order valence-electron chi connectivity index (χ0n) is 10.9. The fourth-order valence-corrected chi connectivity index (χ4v) is 3.49. The molecule has 0 bridgehead atoms. The number of hydrogen-bond acceptors (Lipinski definition) is 4. The number of nitrogens with zero attached hydrogens (tertiary/aromatic N) is 2. The van der Waals surface area contributed by atoms with E-state index < -0.39 is 0 Å². The molecule has 1 fully saturated rings. The van der Waals surface area contributed by atoms with Crippen LogP contribution in [0.1, 0.15) is 18.9 Å². The van der Waals surface area contributed by atoms with Gasteiger partial charge in [-0.05, 0) is 25.1 Å². The standard InChI is InChI=1S/C13H20ClN3S/c1-3-11-9-17(4-5-18-11)13-6-10(7-15-2)12(14)8-16-13/h6,8,11,15H,3-5,7,9H2,1-2H3. The lowest BCUT2D eigenvalue weighted by molar-refractivity contribution is 0.718. The van der Waals surface area contributed by atoms with Crippen molar-refractivity contribution in [2.75, 3.05) is 30.8 Å². The molecule has 1 aromatic heterocycles. The summed E-state index contributed by atoms with van der Waals surface area (Å²) in [6.45, 7) is 5.21. The van der Waals surface area contributed by atoms with E-state index in [0.29, 0.717) is 0 Å². The Morgan fingerprint density at radius 3 is 3.17 bits per heavy atom. The van der Waals surface area contributed by atoms with Crippen LogP contribution in [0.5, 0.6) is 0 Å². The zero-order chi connectivity index (χ0) is 13.0. The molecule has 0 amide bonds. The third-order valence-electron chi connectivity index (χ3n) is 3.21. The molecule has 0 saturated carbocycles. The van der Waals surface area contributed by atoms with E-state index in [4.69, 9.17) is 11.6 Å². The fraction of sp³-hybridized carbons (Fsp3) is 0.615. The molecule has 1 saturated heterocycles. The van der Waals surface area contributed by atoms with Gasteiger partial charge >= 0.3 is 0 Å². The van der Waals surface area contributed by atoms with Gasteiger partial charge in [0.25, 0.3) is 0 Å². The molecule has 0 aliphatic carbocycles. The number of nitrogens with one attached hydrogen (secondary N) is 1. The van der Waals surface area contributed by atoms with Crippen molar-refractivity contribution in [2.45, 2.75) is 25.1 Å². The van der Waals surface area contributed by atoms with Gasteiger partial charge in [-0.1, -0.05) is 18.5 Å². The summed E-state index contributed by atoms with van der Waals surface area (Å²) < 4.78 is 0. The fourth-order valence-electron chi connectivity index (χ4n) is 2.14. The third-order valence-corrected chi connectivity index (χ3v) is 4.92. The number of pyridine rings is 1. The van der Waals surface area contributed by atoms with Crippen LogP contribution in [-0.4, -0.2) is 36.1 Å². The molecule has 1 unspecified atom stereocenters. The summed E-state index contributed by atoms with van der Waals surface area (Å²) in [7, 11) is 1.93. The van der Waals surface area contributed by atoms with Crippen LogP contribution in [0.25, 0.3) is 0 Å². The Morgan fingerprint density at radius 1 is 1.61 bits per heavy atom. The Labute approximate surface area is 118 Å². The number of anilines is 1. The summed E-state index contributed by atoms with van der Waals surface area (Å²) in [6.07, 6.45) is 2.99. The molecule has 1 aromatic rings. The summed E-state index contributed by atoms with van der Waals surface area (Å²) >= 11 is 8.22. The second-order valence-corrected chi connectivity index (χ2v) is 6.33. The lowest BCUT2D eigenvalue weighted by atomic mass is 10.2. The molecule has 5 heteroatoms. The first-order chi connectivity index (χ1) is 8.74. The lowest BCUT2D eigenvalue weighted by Gasteiger charge is -2.33. The average Bonchev–Trinajstić information content (AvgIpc) is 2.41. The molecule has 1 aliphatic heterocycles. The van der Waals surface area contributed by atoms with Gasteiger partial charge in [-0.3, -0.25) is 0 Å². The molecular weight excluding hydrogens is 266 g/mol. The van der Waals surface area contributed by atoms with Crippen LogP contribution >= 0.6 is 23.4 Å². The molecule has 0 aromatic carbocycles. The van der Waals surface area contributed by atoms with E-state index >= 15 is 0 Å². The van der Waals surface area contributed by atoms with Gasteiger partial charge in [0.1, 0.15) is 5.82 Å². The van der Waals surface area contributed by atoms with Crippen LogP contribution in [0, 0.1) is 0 Å². The Morgan fingerprint density at radius 2 is 2.44 bits per heavy atom. The van der Waals surface area contributed by atoms with E-state index in [2.05, 4.69) is 40.0 Å². The first-order valence-corrected chi connectivity index (χ1v) is 7.82. The van der Waals surface area contributed by atoms with Gasteiger partial charge in [0, 0.05) is 36.8 Å². The molecule has 1 N–H and O–H groups in total. The van der Waals surface area contributed by atoms with E-state index in [1.807, 2.05) is 7.05 Å². The highest BCUT2D eigenvalue weighted by atomic mass is 35.5. The number of aromatic nitrogens is 1. The second kappa shape index (κ2) is 6.64. The van der Waals surface area contributed by atoms with Gasteiger partial charge < -0.3 is 10.2 Å². The highest BCUT2D eigenvalue weighted by Crippen LogP contribution is 2.26. The molecular formula is C13H20ClN3S. The molecule has 0 radical (unpaired) electrons. The number of rotatable bonds is 4. The average molecular weight is 286 g/mol. The SMILES string of the molecule is CCC1CN(c2cc(CNC)c(Cl)cn2)CCS1. The van der Waals surface area contributed by atoms with Gasteiger partial charge in [-0.2, -0.15) is 11.8 Å². The maximum Gasteiger partial charge on any atom is 0.128 e. The third kappa shape index (κ3) is 3.31. The van der Waals surface area contributed by atoms with Crippen molar-refractivity contribution >= 4 is 29.2 Å². The minimum absolute atomic E-state index is 0.726. The minimum Gasteiger partial charge on any atom is -0.355 e. The topological polar surface area (TPSA) is 28.2 Å². The predicted octanol–water partition coefficient (Wildman–Crippen LogP) is 2.79. The lowest BCUT2D eigenvalue weighted by Crippen LogP contribution is -2.38. The second-order valence-electron chi connectivity index (χ2n) is 4.51. The molecule has 2 heterocycles. The van der Waals surface area contributed by atoms with Crippen molar-refractivity contribution in [1.29, 1.82) is 0 Å². The van der Waals surface area contributed by atoms with Crippen molar-refractivity contribution in [1.82, 2.24) is 10.3 Å². The van der Waals surface area contributed by atoms with Crippen LogP contribution < -0.4 is 10.2 Å². The molecule has 100 valence electrons. The molecule has 1 atom stereocenters. The number of hydrogen-bond donors (Lipinski definition) is 1. The van der Waals surface area contributed by atoms with Crippen molar-refractivity contribution < 1.29 is 0 Å². The summed E-state index contributed by atoms with van der Waals surface area (Å²) in [5, 5.41) is 4.61. The van der Waals surface area contributed by atoms with Crippen LogP contribution in [0.15, 0.2) is 12.3 Å². The van der Waals surface area contributed by atoms with Crippen molar-refractivity contribution in [3.63, 3.8) is 0 Å². The Hall–Kier alpha value is -0.450. The summed E-state index contributed by atoms with van der Waals surface area (Å²) in [6, 6.07) is 2.11. The predicted molar refractivity (Wildman–Crippen MR) is 80.8 cm³/mol. The monoisotopic (exact) mass is 285 g/mol. The molecule has 3 nitrogen and oxygen atoms in total. The van der Waals surface area contributed by atoms with Crippen LogP contribution in [0.3, 0.4) is 0 Å². The van der Waals surface area contributed by atoms with Crippen LogP contribution in [0.4, 0.5) is 5.82 Å². The zero-order valence-corrected chi connectivity index (χ0v) is 12.5. The molecule has 0 spiro atoms. The van der Waals surface area contributed by atoms with E-state index in [0.717, 1.165) is 41.3 Å².